The first-order valence-corrected chi connectivity index (χ1v) is 12.4. The lowest BCUT2D eigenvalue weighted by Gasteiger charge is -2.33. The Bertz CT molecular complexity index is 1100. The van der Waals surface area contributed by atoms with Crippen molar-refractivity contribution in [3.05, 3.63) is 41.3 Å². The molecule has 1 saturated heterocycles. The van der Waals surface area contributed by atoms with Gasteiger partial charge in [-0.2, -0.15) is 0 Å². The van der Waals surface area contributed by atoms with Crippen LogP contribution in [0.5, 0.6) is 0 Å². The number of fused-ring (bicyclic) bond motifs is 1. The fraction of sp³-hybridized carbons (Fsp3) is 0.560. The average Bonchev–Trinajstić information content (AvgIpc) is 3.16. The first-order valence-electron chi connectivity index (χ1n) is 12.1. The predicted octanol–water partition coefficient (Wildman–Crippen LogP) is 5.27. The number of anilines is 2. The molecule has 8 heteroatoms. The van der Waals surface area contributed by atoms with Crippen molar-refractivity contribution in [1.29, 1.82) is 0 Å². The van der Waals surface area contributed by atoms with Gasteiger partial charge in [0.05, 0.1) is 6.20 Å². The Morgan fingerprint density at radius 2 is 1.97 bits per heavy atom. The van der Waals surface area contributed by atoms with Crippen molar-refractivity contribution in [2.45, 2.75) is 57.9 Å². The van der Waals surface area contributed by atoms with Crippen LogP contribution in [0.15, 0.2) is 30.5 Å². The molecule has 2 fully saturated rings. The second-order valence-corrected chi connectivity index (χ2v) is 10.4. The van der Waals surface area contributed by atoms with Gasteiger partial charge >= 0.3 is 0 Å². The lowest BCUT2D eigenvalue weighted by Crippen LogP contribution is -2.29. The van der Waals surface area contributed by atoms with Gasteiger partial charge in [0.25, 0.3) is 0 Å². The van der Waals surface area contributed by atoms with Crippen molar-refractivity contribution in [1.82, 2.24) is 19.5 Å². The van der Waals surface area contributed by atoms with Crippen molar-refractivity contribution >= 4 is 34.4 Å². The second kappa shape index (κ2) is 9.57. The van der Waals surface area contributed by atoms with Gasteiger partial charge in [0, 0.05) is 36.4 Å². The Kier molecular flexibility index (Phi) is 6.54. The normalized spacial score (nSPS) is 23.0. The second-order valence-electron chi connectivity index (χ2n) is 9.95. The predicted molar refractivity (Wildman–Crippen MR) is 132 cm³/mol. The van der Waals surface area contributed by atoms with E-state index in [-0.39, 0.29) is 5.41 Å². The smallest absolute Gasteiger partial charge is 0.209 e. The van der Waals surface area contributed by atoms with Crippen LogP contribution >= 0.6 is 11.6 Å². The first-order chi connectivity index (χ1) is 16.0. The Hall–Kier alpha value is -2.22. The van der Waals surface area contributed by atoms with Crippen LogP contribution < -0.4 is 11.1 Å². The number of halogens is 1. The standard InChI is InChI=1S/C25H33ClN6O/c1-25(9-11-33-12-10-25)14-22-28-16-21-23(31-22)32(20-7-5-17(15-27)6-8-20)24(30-21)29-19-4-2-3-18(26)13-19/h2-4,13,16-17,20H,5-12,14-15,27H2,1H3,(H,29,30). The van der Waals surface area contributed by atoms with E-state index in [1.807, 2.05) is 30.5 Å². The van der Waals surface area contributed by atoms with Gasteiger partial charge in [0.15, 0.2) is 5.65 Å². The fourth-order valence-corrected chi connectivity index (χ4v) is 5.39. The number of benzene rings is 1. The Labute approximate surface area is 200 Å². The topological polar surface area (TPSA) is 90.9 Å². The van der Waals surface area contributed by atoms with Gasteiger partial charge in [-0.15, -0.1) is 0 Å². The maximum atomic E-state index is 6.23. The van der Waals surface area contributed by atoms with Gasteiger partial charge < -0.3 is 15.8 Å². The summed E-state index contributed by atoms with van der Waals surface area (Å²) in [5, 5.41) is 4.18. The first kappa shape index (κ1) is 22.6. The maximum absolute atomic E-state index is 6.23. The summed E-state index contributed by atoms with van der Waals surface area (Å²) in [7, 11) is 0. The van der Waals surface area contributed by atoms with Crippen LogP contribution in [0.3, 0.4) is 0 Å². The SMILES string of the molecule is CC1(Cc2ncc3nc(Nc4cccc(Cl)c4)n(C4CCC(CN)CC4)c3n2)CCOCC1. The summed E-state index contributed by atoms with van der Waals surface area (Å²) in [6, 6.07) is 8.07. The molecule has 33 heavy (non-hydrogen) atoms. The van der Waals surface area contributed by atoms with E-state index in [0.717, 1.165) is 93.3 Å². The van der Waals surface area contributed by atoms with Gasteiger partial charge in [0.1, 0.15) is 11.3 Å². The molecule has 1 aliphatic carbocycles. The summed E-state index contributed by atoms with van der Waals surface area (Å²) in [6.07, 6.45) is 9.23. The number of ether oxygens (including phenoxy) is 1. The molecule has 0 unspecified atom stereocenters. The molecule has 2 aromatic heterocycles. The van der Waals surface area contributed by atoms with E-state index < -0.39 is 0 Å². The molecule has 0 amide bonds. The van der Waals surface area contributed by atoms with Crippen molar-refractivity contribution in [2.75, 3.05) is 25.1 Å². The summed E-state index contributed by atoms with van der Waals surface area (Å²) in [5.74, 6) is 2.30. The molecule has 3 aromatic rings. The molecule has 1 aromatic carbocycles. The van der Waals surface area contributed by atoms with E-state index >= 15 is 0 Å². The van der Waals surface area contributed by atoms with E-state index in [2.05, 4.69) is 16.8 Å². The highest BCUT2D eigenvalue weighted by Crippen LogP contribution is 2.37. The number of nitrogens with one attached hydrogen (secondary N) is 1. The molecule has 1 aliphatic heterocycles. The molecular weight excluding hydrogens is 436 g/mol. The zero-order valence-electron chi connectivity index (χ0n) is 19.3. The monoisotopic (exact) mass is 468 g/mol. The van der Waals surface area contributed by atoms with E-state index in [1.165, 1.54) is 0 Å². The summed E-state index contributed by atoms with van der Waals surface area (Å²) >= 11 is 6.23. The Morgan fingerprint density at radius 3 is 2.70 bits per heavy atom. The van der Waals surface area contributed by atoms with Crippen molar-refractivity contribution < 1.29 is 4.74 Å². The number of nitrogens with two attached hydrogens (primary N) is 1. The molecule has 0 atom stereocenters. The van der Waals surface area contributed by atoms with Gasteiger partial charge in [-0.1, -0.05) is 24.6 Å². The maximum Gasteiger partial charge on any atom is 0.209 e. The van der Waals surface area contributed by atoms with E-state index in [9.17, 15) is 0 Å². The van der Waals surface area contributed by atoms with Gasteiger partial charge in [-0.05, 0) is 74.6 Å². The van der Waals surface area contributed by atoms with Crippen molar-refractivity contribution in [3.8, 4) is 0 Å². The van der Waals surface area contributed by atoms with Crippen LogP contribution in [-0.2, 0) is 11.2 Å². The number of nitrogens with zero attached hydrogens (tertiary/aromatic N) is 4. The largest absolute Gasteiger partial charge is 0.381 e. The molecule has 0 spiro atoms. The van der Waals surface area contributed by atoms with Crippen LogP contribution in [0.4, 0.5) is 11.6 Å². The number of imidazole rings is 1. The lowest BCUT2D eigenvalue weighted by atomic mass is 9.79. The van der Waals surface area contributed by atoms with E-state index in [4.69, 9.17) is 37.0 Å². The van der Waals surface area contributed by atoms with Crippen LogP contribution in [-0.4, -0.2) is 39.3 Å². The molecule has 3 heterocycles. The molecule has 0 radical (unpaired) electrons. The minimum Gasteiger partial charge on any atom is -0.381 e. The number of aromatic nitrogens is 4. The van der Waals surface area contributed by atoms with E-state index in [0.29, 0.717) is 17.0 Å². The average molecular weight is 469 g/mol. The Balaban J connectivity index is 1.51. The van der Waals surface area contributed by atoms with Crippen LogP contribution in [0, 0.1) is 11.3 Å². The van der Waals surface area contributed by atoms with Gasteiger partial charge in [0.2, 0.25) is 5.95 Å². The quantitative estimate of drug-likeness (QED) is 0.512. The number of hydrogen-bond donors (Lipinski definition) is 2. The highest BCUT2D eigenvalue weighted by Gasteiger charge is 2.30. The molecule has 0 bridgehead atoms. The number of hydrogen-bond acceptors (Lipinski definition) is 6. The summed E-state index contributed by atoms with van der Waals surface area (Å²) in [4.78, 5) is 14.7. The third-order valence-corrected chi connectivity index (χ3v) is 7.60. The Morgan fingerprint density at radius 1 is 1.18 bits per heavy atom. The highest BCUT2D eigenvalue weighted by molar-refractivity contribution is 6.30. The van der Waals surface area contributed by atoms with Gasteiger partial charge in [-0.25, -0.2) is 15.0 Å². The molecular formula is C25H33ClN6O. The summed E-state index contributed by atoms with van der Waals surface area (Å²) in [5.41, 5.74) is 8.78. The highest BCUT2D eigenvalue weighted by atomic mass is 35.5. The number of rotatable bonds is 6. The molecule has 3 N–H and O–H groups in total. The molecule has 176 valence electrons. The minimum absolute atomic E-state index is 0.178. The van der Waals surface area contributed by atoms with Crippen molar-refractivity contribution in [2.24, 2.45) is 17.1 Å². The van der Waals surface area contributed by atoms with Gasteiger partial charge in [-0.3, -0.25) is 4.57 Å². The van der Waals surface area contributed by atoms with E-state index in [1.54, 1.807) is 0 Å². The lowest BCUT2D eigenvalue weighted by molar-refractivity contribution is 0.0232. The van der Waals surface area contributed by atoms with Crippen LogP contribution in [0.2, 0.25) is 5.02 Å². The van der Waals surface area contributed by atoms with Crippen molar-refractivity contribution in [3.63, 3.8) is 0 Å². The fourth-order valence-electron chi connectivity index (χ4n) is 5.20. The van der Waals surface area contributed by atoms with Crippen LogP contribution in [0.25, 0.3) is 11.2 Å². The molecule has 2 aliphatic rings. The molecule has 1 saturated carbocycles. The third-order valence-electron chi connectivity index (χ3n) is 7.36. The minimum atomic E-state index is 0.178. The summed E-state index contributed by atoms with van der Waals surface area (Å²) < 4.78 is 7.87. The zero-order chi connectivity index (χ0) is 22.8. The summed E-state index contributed by atoms with van der Waals surface area (Å²) in [6.45, 7) is 4.71. The molecule has 7 nitrogen and oxygen atoms in total. The molecule has 5 rings (SSSR count). The van der Waals surface area contributed by atoms with Crippen LogP contribution in [0.1, 0.15) is 57.3 Å². The third kappa shape index (κ3) is 5.00. The zero-order valence-corrected chi connectivity index (χ0v) is 20.0.